The Hall–Kier alpha value is -3.22. The Morgan fingerprint density at radius 1 is 1.22 bits per heavy atom. The highest BCUT2D eigenvalue weighted by Crippen LogP contribution is 2.19. The average Bonchev–Trinajstić information content (AvgIpc) is 3.09. The standard InChI is InChI=1S/C16H13N3O4/c1-21-13-6-4-11(5-7-13)15-18-14(23-19-15)10-22-16(20)12-3-2-8-17-9-12/h2-9H,10H2,1H3. The first-order valence-corrected chi connectivity index (χ1v) is 6.80. The van der Waals surface area contributed by atoms with Gasteiger partial charge in [-0.15, -0.1) is 0 Å². The molecule has 0 atom stereocenters. The van der Waals surface area contributed by atoms with Gasteiger partial charge in [0.2, 0.25) is 5.82 Å². The van der Waals surface area contributed by atoms with Crippen molar-refractivity contribution < 1.29 is 18.8 Å². The van der Waals surface area contributed by atoms with Crippen LogP contribution in [0.4, 0.5) is 0 Å². The zero-order valence-electron chi connectivity index (χ0n) is 12.3. The Bertz CT molecular complexity index is 785. The van der Waals surface area contributed by atoms with E-state index in [0.717, 1.165) is 11.3 Å². The lowest BCUT2D eigenvalue weighted by Crippen LogP contribution is -2.05. The van der Waals surface area contributed by atoms with Crippen LogP contribution in [-0.2, 0) is 11.3 Å². The molecule has 3 rings (SSSR count). The molecule has 0 saturated carbocycles. The van der Waals surface area contributed by atoms with E-state index in [1.807, 2.05) is 12.1 Å². The summed E-state index contributed by atoms with van der Waals surface area (Å²) in [5.41, 5.74) is 1.14. The maximum atomic E-state index is 11.8. The lowest BCUT2D eigenvalue weighted by Gasteiger charge is -2.00. The molecule has 0 unspecified atom stereocenters. The summed E-state index contributed by atoms with van der Waals surface area (Å²) < 4.78 is 15.3. The molecule has 23 heavy (non-hydrogen) atoms. The second-order valence-electron chi connectivity index (χ2n) is 4.56. The van der Waals surface area contributed by atoms with Crippen LogP contribution >= 0.6 is 0 Å². The number of aromatic nitrogens is 3. The fourth-order valence-corrected chi connectivity index (χ4v) is 1.86. The average molecular weight is 311 g/mol. The Balaban J connectivity index is 1.64. The second kappa shape index (κ2) is 6.69. The molecule has 0 radical (unpaired) electrons. The first-order chi connectivity index (χ1) is 11.3. The minimum atomic E-state index is -0.498. The van der Waals surface area contributed by atoms with E-state index in [0.29, 0.717) is 11.4 Å². The van der Waals surface area contributed by atoms with Crippen molar-refractivity contribution in [1.29, 1.82) is 0 Å². The van der Waals surface area contributed by atoms with Gasteiger partial charge in [-0.3, -0.25) is 4.98 Å². The van der Waals surface area contributed by atoms with Crippen molar-refractivity contribution in [2.75, 3.05) is 7.11 Å². The van der Waals surface area contributed by atoms with Gasteiger partial charge in [-0.05, 0) is 36.4 Å². The maximum absolute atomic E-state index is 11.8. The molecule has 3 aromatic rings. The van der Waals surface area contributed by atoms with Crippen molar-refractivity contribution >= 4 is 5.97 Å². The lowest BCUT2D eigenvalue weighted by molar-refractivity contribution is 0.0429. The fourth-order valence-electron chi connectivity index (χ4n) is 1.86. The summed E-state index contributed by atoms with van der Waals surface area (Å²) in [5, 5.41) is 3.86. The molecule has 2 aromatic heterocycles. The topological polar surface area (TPSA) is 87.3 Å². The van der Waals surface area contributed by atoms with Crippen LogP contribution in [0.25, 0.3) is 11.4 Å². The highest BCUT2D eigenvalue weighted by atomic mass is 16.6. The van der Waals surface area contributed by atoms with Crippen LogP contribution in [0.15, 0.2) is 53.3 Å². The number of hydrogen-bond acceptors (Lipinski definition) is 7. The van der Waals surface area contributed by atoms with Crippen LogP contribution in [0.2, 0.25) is 0 Å². The van der Waals surface area contributed by atoms with Gasteiger partial charge in [0.25, 0.3) is 5.89 Å². The number of carbonyl (C=O) groups excluding carboxylic acids is 1. The number of methoxy groups -OCH3 is 1. The zero-order valence-corrected chi connectivity index (χ0v) is 12.3. The van der Waals surface area contributed by atoms with Gasteiger partial charge in [-0.1, -0.05) is 5.16 Å². The van der Waals surface area contributed by atoms with Crippen LogP contribution in [0.3, 0.4) is 0 Å². The van der Waals surface area contributed by atoms with Crippen LogP contribution in [0.5, 0.6) is 5.75 Å². The lowest BCUT2D eigenvalue weighted by atomic mass is 10.2. The van der Waals surface area contributed by atoms with E-state index in [1.54, 1.807) is 37.6 Å². The van der Waals surface area contributed by atoms with E-state index in [-0.39, 0.29) is 12.5 Å². The molecule has 2 heterocycles. The number of nitrogens with zero attached hydrogens (tertiary/aromatic N) is 3. The number of hydrogen-bond donors (Lipinski definition) is 0. The molecule has 7 nitrogen and oxygen atoms in total. The smallest absolute Gasteiger partial charge is 0.340 e. The SMILES string of the molecule is COc1ccc(-c2noc(COC(=O)c3cccnc3)n2)cc1. The molecule has 0 saturated heterocycles. The summed E-state index contributed by atoms with van der Waals surface area (Å²) in [6, 6.07) is 10.5. The first kappa shape index (κ1) is 14.7. The molecule has 0 bridgehead atoms. The minimum absolute atomic E-state index is 0.100. The molecule has 0 N–H and O–H groups in total. The van der Waals surface area contributed by atoms with Gasteiger partial charge < -0.3 is 14.0 Å². The van der Waals surface area contributed by atoms with Crippen molar-refractivity contribution in [3.63, 3.8) is 0 Å². The number of carbonyl (C=O) groups is 1. The van der Waals surface area contributed by atoms with E-state index in [2.05, 4.69) is 15.1 Å². The highest BCUT2D eigenvalue weighted by Gasteiger charge is 2.12. The molecule has 0 aliphatic carbocycles. The maximum Gasteiger partial charge on any atom is 0.340 e. The van der Waals surface area contributed by atoms with Crippen molar-refractivity contribution in [1.82, 2.24) is 15.1 Å². The van der Waals surface area contributed by atoms with Gasteiger partial charge in [0.1, 0.15) is 5.75 Å². The van der Waals surface area contributed by atoms with Crippen molar-refractivity contribution in [3.8, 4) is 17.1 Å². The van der Waals surface area contributed by atoms with Gasteiger partial charge in [-0.25, -0.2) is 4.79 Å². The van der Waals surface area contributed by atoms with Gasteiger partial charge in [0.05, 0.1) is 12.7 Å². The van der Waals surface area contributed by atoms with Crippen LogP contribution in [-0.4, -0.2) is 28.2 Å². The molecule has 0 spiro atoms. The minimum Gasteiger partial charge on any atom is -0.497 e. The van der Waals surface area contributed by atoms with E-state index >= 15 is 0 Å². The summed E-state index contributed by atoms with van der Waals surface area (Å²) in [6.45, 7) is -0.100. The molecule has 0 amide bonds. The van der Waals surface area contributed by atoms with E-state index in [9.17, 15) is 4.79 Å². The predicted octanol–water partition coefficient (Wildman–Crippen LogP) is 2.50. The number of rotatable bonds is 5. The third-order valence-electron chi connectivity index (χ3n) is 3.04. The number of benzene rings is 1. The second-order valence-corrected chi connectivity index (χ2v) is 4.56. The number of esters is 1. The van der Waals surface area contributed by atoms with Gasteiger partial charge in [-0.2, -0.15) is 4.98 Å². The summed E-state index contributed by atoms with van der Waals surface area (Å²) in [5.74, 6) is 0.873. The predicted molar refractivity (Wildman–Crippen MR) is 79.6 cm³/mol. The summed E-state index contributed by atoms with van der Waals surface area (Å²) in [7, 11) is 1.60. The Kier molecular flexibility index (Phi) is 4.28. The van der Waals surface area contributed by atoms with E-state index < -0.39 is 5.97 Å². The highest BCUT2D eigenvalue weighted by molar-refractivity contribution is 5.88. The van der Waals surface area contributed by atoms with Gasteiger partial charge in [0, 0.05) is 18.0 Å². The normalized spacial score (nSPS) is 10.3. The molecule has 0 aliphatic heterocycles. The fraction of sp³-hybridized carbons (Fsp3) is 0.125. The number of pyridine rings is 1. The Morgan fingerprint density at radius 3 is 2.74 bits per heavy atom. The van der Waals surface area contributed by atoms with Crippen molar-refractivity contribution in [2.45, 2.75) is 6.61 Å². The quantitative estimate of drug-likeness (QED) is 0.669. The molecule has 1 aromatic carbocycles. The molecule has 0 aliphatic rings. The van der Waals surface area contributed by atoms with E-state index in [4.69, 9.17) is 14.0 Å². The Morgan fingerprint density at radius 2 is 2.04 bits per heavy atom. The summed E-state index contributed by atoms with van der Waals surface area (Å²) in [4.78, 5) is 19.8. The zero-order chi connectivity index (χ0) is 16.1. The third kappa shape index (κ3) is 3.52. The van der Waals surface area contributed by atoms with Gasteiger partial charge >= 0.3 is 5.97 Å². The monoisotopic (exact) mass is 311 g/mol. The van der Waals surface area contributed by atoms with Crippen molar-refractivity contribution in [3.05, 3.63) is 60.2 Å². The Labute approximate surface area is 131 Å². The molecular formula is C16H13N3O4. The molecule has 7 heteroatoms. The van der Waals surface area contributed by atoms with E-state index in [1.165, 1.54) is 6.20 Å². The molecule has 116 valence electrons. The molecular weight excluding hydrogens is 298 g/mol. The summed E-state index contributed by atoms with van der Waals surface area (Å²) in [6.07, 6.45) is 3.01. The van der Waals surface area contributed by atoms with Crippen LogP contribution in [0, 0.1) is 0 Å². The molecule has 0 fully saturated rings. The van der Waals surface area contributed by atoms with Crippen molar-refractivity contribution in [2.24, 2.45) is 0 Å². The van der Waals surface area contributed by atoms with Crippen LogP contribution < -0.4 is 4.74 Å². The first-order valence-electron chi connectivity index (χ1n) is 6.80. The summed E-state index contributed by atoms with van der Waals surface area (Å²) >= 11 is 0. The third-order valence-corrected chi connectivity index (χ3v) is 3.04. The number of ether oxygens (including phenoxy) is 2. The van der Waals surface area contributed by atoms with Gasteiger partial charge in [0.15, 0.2) is 6.61 Å². The largest absolute Gasteiger partial charge is 0.497 e. The van der Waals surface area contributed by atoms with Crippen LogP contribution in [0.1, 0.15) is 16.2 Å².